The maximum Gasteiger partial charge on any atom is 0.0190 e. The van der Waals surface area contributed by atoms with Crippen molar-refractivity contribution in [1.82, 2.24) is 0 Å². The van der Waals surface area contributed by atoms with Gasteiger partial charge in [-0.1, -0.05) is 68.4 Å². The van der Waals surface area contributed by atoms with Crippen LogP contribution >= 0.6 is 23.6 Å². The van der Waals surface area contributed by atoms with Crippen LogP contribution in [0.25, 0.3) is 5.57 Å². The van der Waals surface area contributed by atoms with Crippen LogP contribution in [0, 0.1) is 0 Å². The van der Waals surface area contributed by atoms with Crippen molar-refractivity contribution in [2.75, 3.05) is 0 Å². The van der Waals surface area contributed by atoms with Gasteiger partial charge in [-0.05, 0) is 65.1 Å². The van der Waals surface area contributed by atoms with Crippen LogP contribution in [0.4, 0.5) is 0 Å². The van der Waals surface area contributed by atoms with Gasteiger partial charge in [-0.25, -0.2) is 0 Å². The van der Waals surface area contributed by atoms with E-state index in [1.54, 1.807) is 0 Å². The molecule has 0 N–H and O–H groups in total. The zero-order valence-corrected chi connectivity index (χ0v) is 16.1. The Morgan fingerprint density at radius 2 is 2.00 bits per heavy atom. The molecule has 1 atom stereocenters. The zero-order valence-electron chi connectivity index (χ0n) is 14.5. The molecular formula is C22H26S2. The fraction of sp³-hybridized carbons (Fsp3) is 0.409. The topological polar surface area (TPSA) is 0 Å². The van der Waals surface area contributed by atoms with Crippen LogP contribution in [0.15, 0.2) is 47.9 Å². The molecule has 0 bridgehead atoms. The van der Waals surface area contributed by atoms with Crippen LogP contribution in [0.2, 0.25) is 0 Å². The summed E-state index contributed by atoms with van der Waals surface area (Å²) in [6, 6.07) is 13.3. The second-order valence-electron chi connectivity index (χ2n) is 6.62. The highest BCUT2D eigenvalue weighted by Crippen LogP contribution is 2.42. The van der Waals surface area contributed by atoms with Gasteiger partial charge in [0.1, 0.15) is 0 Å². The third-order valence-corrected chi connectivity index (χ3v) is 6.30. The number of hydrogen-bond acceptors (Lipinski definition) is 2. The predicted molar refractivity (Wildman–Crippen MR) is 111 cm³/mol. The molecule has 0 saturated carbocycles. The van der Waals surface area contributed by atoms with Gasteiger partial charge in [-0.15, -0.1) is 11.3 Å². The molecule has 0 aliphatic heterocycles. The lowest BCUT2D eigenvalue weighted by Crippen LogP contribution is -2.04. The molecule has 0 spiro atoms. The van der Waals surface area contributed by atoms with Crippen LogP contribution in [0.3, 0.4) is 0 Å². The van der Waals surface area contributed by atoms with E-state index in [0.717, 1.165) is 25.7 Å². The van der Waals surface area contributed by atoms with Crippen molar-refractivity contribution in [2.45, 2.75) is 57.8 Å². The Hall–Kier alpha value is -1.25. The molecule has 1 heterocycles. The van der Waals surface area contributed by atoms with E-state index in [1.165, 1.54) is 45.7 Å². The summed E-state index contributed by atoms with van der Waals surface area (Å²) in [5, 5.41) is 2.20. The Morgan fingerprint density at radius 3 is 2.79 bits per heavy atom. The predicted octanol–water partition coefficient (Wildman–Crippen LogP) is 7.20. The smallest absolute Gasteiger partial charge is 0.0190 e. The van der Waals surface area contributed by atoms with E-state index in [4.69, 9.17) is 12.2 Å². The normalized spacial score (nSPS) is 14.3. The lowest BCUT2D eigenvalue weighted by Gasteiger charge is -2.19. The molecule has 3 rings (SSSR count). The Labute approximate surface area is 155 Å². The fourth-order valence-electron chi connectivity index (χ4n) is 3.58. The summed E-state index contributed by atoms with van der Waals surface area (Å²) in [6.07, 6.45) is 10.7. The van der Waals surface area contributed by atoms with Crippen molar-refractivity contribution >= 4 is 34.0 Å². The second-order valence-corrected chi connectivity index (χ2v) is 8.18. The third-order valence-electron chi connectivity index (χ3n) is 4.90. The summed E-state index contributed by atoms with van der Waals surface area (Å²) in [5.41, 5.74) is 4.44. The van der Waals surface area contributed by atoms with Crippen LogP contribution < -0.4 is 0 Å². The van der Waals surface area contributed by atoms with Gasteiger partial charge in [0.05, 0.1) is 0 Å². The monoisotopic (exact) mass is 354 g/mol. The molecular weight excluding hydrogens is 328 g/mol. The number of benzene rings is 1. The highest BCUT2D eigenvalue weighted by molar-refractivity contribution is 7.80. The second kappa shape index (κ2) is 8.73. The first kappa shape index (κ1) is 17.6. The molecule has 126 valence electrons. The largest absolute Gasteiger partial charge is 0.148 e. The molecule has 0 radical (unpaired) electrons. The molecule has 0 saturated heterocycles. The average Bonchev–Trinajstić information content (AvgIpc) is 3.26. The van der Waals surface area contributed by atoms with Gasteiger partial charge in [0, 0.05) is 10.8 Å². The van der Waals surface area contributed by atoms with Crippen molar-refractivity contribution in [3.63, 3.8) is 0 Å². The van der Waals surface area contributed by atoms with Gasteiger partial charge in [0.15, 0.2) is 0 Å². The van der Waals surface area contributed by atoms with Crippen LogP contribution in [-0.2, 0) is 6.42 Å². The Kier molecular flexibility index (Phi) is 6.39. The Bertz CT molecular complexity index is 695. The standard InChI is InChI=1S/C22H26S2/c1-2-3-4-9-18(23)13-15-21(22-11-7-16-24-22)20-14-12-17-8-5-6-10-19(17)20/h5-8,10-11,14,16,21H,2-4,9,12-13,15H2,1H3. The van der Waals surface area contributed by atoms with Gasteiger partial charge in [0.25, 0.3) is 0 Å². The first-order valence-corrected chi connectivity index (χ1v) is 10.4. The Morgan fingerprint density at radius 1 is 1.12 bits per heavy atom. The number of rotatable bonds is 9. The minimum atomic E-state index is 0.498. The van der Waals surface area contributed by atoms with Gasteiger partial charge < -0.3 is 0 Å². The van der Waals surface area contributed by atoms with E-state index in [9.17, 15) is 0 Å². The first-order chi connectivity index (χ1) is 11.8. The summed E-state index contributed by atoms with van der Waals surface area (Å²) in [6.45, 7) is 2.25. The molecule has 2 heteroatoms. The van der Waals surface area contributed by atoms with Crippen molar-refractivity contribution in [2.24, 2.45) is 0 Å². The molecule has 0 nitrogen and oxygen atoms in total. The van der Waals surface area contributed by atoms with Crippen LogP contribution in [-0.4, -0.2) is 4.86 Å². The summed E-state index contributed by atoms with van der Waals surface area (Å²) in [5.74, 6) is 0.498. The number of thiocarbonyl (C=S) groups is 1. The van der Waals surface area contributed by atoms with Crippen molar-refractivity contribution < 1.29 is 0 Å². The average molecular weight is 355 g/mol. The highest BCUT2D eigenvalue weighted by atomic mass is 32.1. The third kappa shape index (κ3) is 4.23. The van der Waals surface area contributed by atoms with E-state index >= 15 is 0 Å². The number of fused-ring (bicyclic) bond motifs is 1. The summed E-state index contributed by atoms with van der Waals surface area (Å²) < 4.78 is 0. The van der Waals surface area contributed by atoms with Crippen LogP contribution in [0.5, 0.6) is 0 Å². The van der Waals surface area contributed by atoms with Gasteiger partial charge >= 0.3 is 0 Å². The van der Waals surface area contributed by atoms with Gasteiger partial charge in [-0.2, -0.15) is 0 Å². The van der Waals surface area contributed by atoms with Crippen molar-refractivity contribution in [3.05, 3.63) is 63.9 Å². The zero-order chi connectivity index (χ0) is 16.8. The van der Waals surface area contributed by atoms with Crippen molar-refractivity contribution in [3.8, 4) is 0 Å². The molecule has 1 unspecified atom stereocenters. The van der Waals surface area contributed by atoms with E-state index in [0.29, 0.717) is 5.92 Å². The maximum absolute atomic E-state index is 5.65. The summed E-state index contributed by atoms with van der Waals surface area (Å²) in [7, 11) is 0. The molecule has 1 aliphatic rings. The van der Waals surface area contributed by atoms with E-state index in [2.05, 4.69) is 54.8 Å². The molecule has 24 heavy (non-hydrogen) atoms. The molecule has 0 amide bonds. The number of unbranched alkanes of at least 4 members (excludes halogenated alkanes) is 2. The SMILES string of the molecule is CCCCCC(=S)CCC(C1=CCc2ccccc21)c1cccs1. The van der Waals surface area contributed by atoms with Crippen molar-refractivity contribution in [1.29, 1.82) is 0 Å². The quantitative estimate of drug-likeness (QED) is 0.339. The molecule has 2 aromatic rings. The minimum absolute atomic E-state index is 0.498. The minimum Gasteiger partial charge on any atom is -0.148 e. The lowest BCUT2D eigenvalue weighted by molar-refractivity contribution is 0.729. The molecule has 1 aromatic carbocycles. The van der Waals surface area contributed by atoms with E-state index in [1.807, 2.05) is 11.3 Å². The molecule has 1 aromatic heterocycles. The van der Waals surface area contributed by atoms with Gasteiger partial charge in [0.2, 0.25) is 0 Å². The van der Waals surface area contributed by atoms with E-state index < -0.39 is 0 Å². The van der Waals surface area contributed by atoms with Crippen LogP contribution in [0.1, 0.15) is 67.4 Å². The van der Waals surface area contributed by atoms with E-state index in [-0.39, 0.29) is 0 Å². The summed E-state index contributed by atoms with van der Waals surface area (Å²) in [4.78, 5) is 2.74. The molecule has 0 fully saturated rings. The first-order valence-electron chi connectivity index (χ1n) is 9.13. The maximum atomic E-state index is 5.65. The fourth-order valence-corrected chi connectivity index (χ4v) is 4.73. The van der Waals surface area contributed by atoms with Gasteiger partial charge in [-0.3, -0.25) is 0 Å². The Balaban J connectivity index is 1.71. The number of hydrogen-bond donors (Lipinski definition) is 0. The molecule has 1 aliphatic carbocycles. The highest BCUT2D eigenvalue weighted by Gasteiger charge is 2.24. The summed E-state index contributed by atoms with van der Waals surface area (Å²) >= 11 is 7.53. The lowest BCUT2D eigenvalue weighted by atomic mass is 9.88. The number of thiophene rings is 1. The number of allylic oxidation sites excluding steroid dienone is 2.